The van der Waals surface area contributed by atoms with Crippen molar-refractivity contribution in [2.75, 3.05) is 0 Å². The van der Waals surface area contributed by atoms with Crippen molar-refractivity contribution in [2.45, 2.75) is 70.8 Å². The second-order valence-corrected chi connectivity index (χ2v) is 7.10. The number of para-hydroxylation sites is 1. The molecule has 21 heavy (non-hydrogen) atoms. The molecule has 1 N–H and O–H groups in total. The zero-order chi connectivity index (χ0) is 14.7. The first kappa shape index (κ1) is 14.6. The van der Waals surface area contributed by atoms with Crippen molar-refractivity contribution >= 4 is 6.21 Å². The van der Waals surface area contributed by atoms with Crippen LogP contribution in [0.25, 0.3) is 0 Å². The van der Waals surface area contributed by atoms with E-state index >= 15 is 0 Å². The molecule has 1 atom stereocenters. The Morgan fingerprint density at radius 2 is 1.90 bits per heavy atom. The Labute approximate surface area is 128 Å². The summed E-state index contributed by atoms with van der Waals surface area (Å²) in [7, 11) is 0. The summed E-state index contributed by atoms with van der Waals surface area (Å²) in [5.41, 5.74) is 2.37. The third kappa shape index (κ3) is 3.30. The molecule has 2 aliphatic rings. The van der Waals surface area contributed by atoms with Crippen LogP contribution in [0.5, 0.6) is 5.75 Å². The van der Waals surface area contributed by atoms with Crippen LogP contribution < -0.4 is 0 Å². The van der Waals surface area contributed by atoms with Crippen molar-refractivity contribution in [3.05, 3.63) is 29.3 Å². The molecule has 0 saturated heterocycles. The molecule has 1 unspecified atom stereocenters. The third-order valence-electron chi connectivity index (χ3n) is 5.52. The first-order chi connectivity index (χ1) is 10.2. The summed E-state index contributed by atoms with van der Waals surface area (Å²) >= 11 is 0. The monoisotopic (exact) mass is 285 g/mol. The number of aromatic hydroxyl groups is 1. The molecule has 0 aromatic heterocycles. The van der Waals surface area contributed by atoms with Crippen LogP contribution in [0, 0.1) is 12.3 Å². The predicted molar refractivity (Wildman–Crippen MR) is 88.2 cm³/mol. The van der Waals surface area contributed by atoms with Crippen LogP contribution in [0.1, 0.15) is 68.9 Å². The van der Waals surface area contributed by atoms with E-state index in [9.17, 15) is 5.11 Å². The molecule has 0 bridgehead atoms. The summed E-state index contributed by atoms with van der Waals surface area (Å²) in [5.74, 6) is 0.379. The Balaban J connectivity index is 1.69. The number of phenolic OH excluding ortho intramolecular Hbond substituents is 1. The summed E-state index contributed by atoms with van der Waals surface area (Å²) in [6.07, 6.45) is 14.2. The van der Waals surface area contributed by atoms with Gasteiger partial charge in [-0.3, -0.25) is 4.99 Å². The SMILES string of the molecule is Cc1cccc(C=NC2CCCC3(CCCCC3)C2)c1O. The molecule has 0 radical (unpaired) electrons. The zero-order valence-corrected chi connectivity index (χ0v) is 13.1. The number of benzene rings is 1. The quantitative estimate of drug-likeness (QED) is 0.761. The molecule has 0 aliphatic heterocycles. The van der Waals surface area contributed by atoms with E-state index in [0.29, 0.717) is 17.2 Å². The van der Waals surface area contributed by atoms with Gasteiger partial charge in [-0.05, 0) is 56.1 Å². The minimum absolute atomic E-state index is 0.379. The summed E-state index contributed by atoms with van der Waals surface area (Å²) in [5, 5.41) is 10.1. The van der Waals surface area contributed by atoms with Crippen molar-refractivity contribution in [3.63, 3.8) is 0 Å². The van der Waals surface area contributed by atoms with E-state index in [4.69, 9.17) is 4.99 Å². The summed E-state index contributed by atoms with van der Waals surface area (Å²) in [6, 6.07) is 6.33. The van der Waals surface area contributed by atoms with Crippen LogP contribution in [0.3, 0.4) is 0 Å². The molecule has 2 aliphatic carbocycles. The molecule has 0 heterocycles. The molecule has 114 valence electrons. The molecule has 0 amide bonds. The highest BCUT2D eigenvalue weighted by atomic mass is 16.3. The fraction of sp³-hybridized carbons (Fsp3) is 0.632. The van der Waals surface area contributed by atoms with Crippen LogP contribution in [-0.4, -0.2) is 17.4 Å². The molecular weight excluding hydrogens is 258 g/mol. The molecular formula is C19H27NO. The van der Waals surface area contributed by atoms with Gasteiger partial charge in [-0.2, -0.15) is 0 Å². The number of aliphatic imine (C=N–C) groups is 1. The fourth-order valence-corrected chi connectivity index (χ4v) is 4.27. The number of aryl methyl sites for hydroxylation is 1. The second-order valence-electron chi connectivity index (χ2n) is 7.10. The van der Waals surface area contributed by atoms with E-state index in [1.807, 2.05) is 31.3 Å². The molecule has 1 aromatic carbocycles. The van der Waals surface area contributed by atoms with Crippen LogP contribution in [0.4, 0.5) is 0 Å². The van der Waals surface area contributed by atoms with Gasteiger partial charge in [0.05, 0.1) is 6.04 Å². The average Bonchev–Trinajstić information content (AvgIpc) is 2.50. The van der Waals surface area contributed by atoms with Gasteiger partial charge in [0.15, 0.2) is 0 Å². The van der Waals surface area contributed by atoms with Gasteiger partial charge in [0.1, 0.15) is 5.75 Å². The standard InChI is InChI=1S/C19H27NO/c1-15-7-5-8-16(18(15)21)14-20-17-9-6-12-19(13-17)10-3-2-4-11-19/h5,7-8,14,17,21H,2-4,6,9-13H2,1H3. The summed E-state index contributed by atoms with van der Waals surface area (Å²) < 4.78 is 0. The molecule has 2 nitrogen and oxygen atoms in total. The van der Waals surface area contributed by atoms with Crippen LogP contribution in [0.15, 0.2) is 23.2 Å². The number of rotatable bonds is 2. The third-order valence-corrected chi connectivity index (χ3v) is 5.52. The lowest BCUT2D eigenvalue weighted by Gasteiger charge is -2.42. The van der Waals surface area contributed by atoms with Crippen molar-refractivity contribution in [2.24, 2.45) is 10.4 Å². The van der Waals surface area contributed by atoms with E-state index < -0.39 is 0 Å². The highest BCUT2D eigenvalue weighted by molar-refractivity contribution is 5.84. The minimum atomic E-state index is 0.379. The first-order valence-electron chi connectivity index (χ1n) is 8.50. The lowest BCUT2D eigenvalue weighted by atomic mass is 9.64. The average molecular weight is 285 g/mol. The molecule has 1 aromatic rings. The maximum atomic E-state index is 10.1. The van der Waals surface area contributed by atoms with Crippen molar-refractivity contribution < 1.29 is 5.11 Å². The minimum Gasteiger partial charge on any atom is -0.507 e. The van der Waals surface area contributed by atoms with Gasteiger partial charge in [0.25, 0.3) is 0 Å². The van der Waals surface area contributed by atoms with Crippen LogP contribution >= 0.6 is 0 Å². The van der Waals surface area contributed by atoms with E-state index in [1.165, 1.54) is 57.8 Å². The zero-order valence-electron chi connectivity index (χ0n) is 13.1. The summed E-state index contributed by atoms with van der Waals surface area (Å²) in [4.78, 5) is 4.82. The molecule has 2 fully saturated rings. The number of hydrogen-bond donors (Lipinski definition) is 1. The van der Waals surface area contributed by atoms with Crippen molar-refractivity contribution in [3.8, 4) is 5.75 Å². The van der Waals surface area contributed by atoms with Gasteiger partial charge in [-0.25, -0.2) is 0 Å². The normalized spacial score (nSPS) is 25.5. The van der Waals surface area contributed by atoms with Gasteiger partial charge in [0.2, 0.25) is 0 Å². The van der Waals surface area contributed by atoms with Gasteiger partial charge in [0, 0.05) is 11.8 Å². The van der Waals surface area contributed by atoms with E-state index in [0.717, 1.165) is 11.1 Å². The topological polar surface area (TPSA) is 32.6 Å². The van der Waals surface area contributed by atoms with Gasteiger partial charge in [-0.15, -0.1) is 0 Å². The Bertz CT molecular complexity index is 509. The predicted octanol–water partition coefficient (Wildman–Crippen LogP) is 5.01. The highest BCUT2D eigenvalue weighted by Crippen LogP contribution is 2.48. The Hall–Kier alpha value is -1.31. The molecule has 1 spiro atoms. The fourth-order valence-electron chi connectivity index (χ4n) is 4.27. The highest BCUT2D eigenvalue weighted by Gasteiger charge is 2.36. The number of phenols is 1. The van der Waals surface area contributed by atoms with Gasteiger partial charge in [-0.1, -0.05) is 37.8 Å². The largest absolute Gasteiger partial charge is 0.507 e. The second kappa shape index (κ2) is 6.21. The van der Waals surface area contributed by atoms with Gasteiger partial charge >= 0.3 is 0 Å². The Morgan fingerprint density at radius 3 is 2.71 bits per heavy atom. The van der Waals surface area contributed by atoms with E-state index in [-0.39, 0.29) is 0 Å². The van der Waals surface area contributed by atoms with E-state index in [1.54, 1.807) is 0 Å². The Kier molecular flexibility index (Phi) is 4.32. The number of hydrogen-bond acceptors (Lipinski definition) is 2. The number of nitrogens with zero attached hydrogens (tertiary/aromatic N) is 1. The molecule has 2 heteroatoms. The molecule has 3 rings (SSSR count). The van der Waals surface area contributed by atoms with Crippen molar-refractivity contribution in [1.29, 1.82) is 0 Å². The van der Waals surface area contributed by atoms with Gasteiger partial charge < -0.3 is 5.11 Å². The maximum Gasteiger partial charge on any atom is 0.127 e. The molecule has 2 saturated carbocycles. The lowest BCUT2D eigenvalue weighted by molar-refractivity contribution is 0.112. The smallest absolute Gasteiger partial charge is 0.127 e. The van der Waals surface area contributed by atoms with Crippen LogP contribution in [-0.2, 0) is 0 Å². The van der Waals surface area contributed by atoms with E-state index in [2.05, 4.69) is 0 Å². The maximum absolute atomic E-state index is 10.1. The lowest BCUT2D eigenvalue weighted by Crippen LogP contribution is -2.32. The first-order valence-corrected chi connectivity index (χ1v) is 8.50. The Morgan fingerprint density at radius 1 is 1.14 bits per heavy atom. The van der Waals surface area contributed by atoms with Crippen molar-refractivity contribution in [1.82, 2.24) is 0 Å². The summed E-state index contributed by atoms with van der Waals surface area (Å²) in [6.45, 7) is 1.93. The van der Waals surface area contributed by atoms with Crippen LogP contribution in [0.2, 0.25) is 0 Å².